The summed E-state index contributed by atoms with van der Waals surface area (Å²) >= 11 is 1.22. The van der Waals surface area contributed by atoms with E-state index in [-0.39, 0.29) is 5.69 Å². The smallest absolute Gasteiger partial charge is 0.416 e. The summed E-state index contributed by atoms with van der Waals surface area (Å²) in [6.07, 6.45) is -2.96. The lowest BCUT2D eigenvalue weighted by Gasteiger charge is -2.07. The van der Waals surface area contributed by atoms with Gasteiger partial charge in [0, 0.05) is 17.7 Å². The Labute approximate surface area is 166 Å². The van der Waals surface area contributed by atoms with E-state index in [1.165, 1.54) is 41.9 Å². The molecule has 9 heteroatoms. The lowest BCUT2D eigenvalue weighted by atomic mass is 10.1. The maximum atomic E-state index is 12.9. The zero-order valence-corrected chi connectivity index (χ0v) is 15.3. The molecule has 4 aromatic rings. The molecule has 4 rings (SSSR count). The molecule has 29 heavy (non-hydrogen) atoms. The molecule has 5 nitrogen and oxygen atoms in total. The quantitative estimate of drug-likeness (QED) is 0.275. The van der Waals surface area contributed by atoms with E-state index in [1.54, 1.807) is 24.3 Å². The first-order chi connectivity index (χ1) is 13.8. The van der Waals surface area contributed by atoms with Crippen molar-refractivity contribution < 1.29 is 22.5 Å². The summed E-state index contributed by atoms with van der Waals surface area (Å²) in [5.41, 5.74) is 0.715. The average molecular weight is 416 g/mol. The standard InChI is InChI=1S/C20H11F3N2O3S/c21-20(22,23)14-8-6-12(7-9-14)18-17(16-5-2-10-28-16)24-19(29-18)13-3-1-4-15(11-13)25(26)27/h1-11H. The Balaban J connectivity index is 1.83. The van der Waals surface area contributed by atoms with Crippen molar-refractivity contribution >= 4 is 17.0 Å². The van der Waals surface area contributed by atoms with Crippen molar-refractivity contribution in [3.63, 3.8) is 0 Å². The van der Waals surface area contributed by atoms with E-state index < -0.39 is 16.7 Å². The Hall–Kier alpha value is -3.46. The minimum atomic E-state index is -4.43. The molecule has 0 bridgehead atoms. The highest BCUT2D eigenvalue weighted by atomic mass is 32.1. The zero-order chi connectivity index (χ0) is 20.6. The third kappa shape index (κ3) is 3.77. The molecule has 0 aliphatic carbocycles. The Morgan fingerprint density at radius 3 is 2.38 bits per heavy atom. The van der Waals surface area contributed by atoms with Crippen LogP contribution in [-0.2, 0) is 6.18 Å². The Kier molecular flexibility index (Phi) is 4.67. The van der Waals surface area contributed by atoms with Crippen LogP contribution in [0.2, 0.25) is 0 Å². The number of nitro benzene ring substituents is 1. The number of alkyl halides is 3. The second kappa shape index (κ2) is 7.17. The lowest BCUT2D eigenvalue weighted by molar-refractivity contribution is -0.384. The summed E-state index contributed by atoms with van der Waals surface area (Å²) in [5.74, 6) is 0.452. The molecule has 146 valence electrons. The van der Waals surface area contributed by atoms with Gasteiger partial charge in [-0.25, -0.2) is 4.98 Å². The third-order valence-corrected chi connectivity index (χ3v) is 5.31. The fourth-order valence-electron chi connectivity index (χ4n) is 2.78. The van der Waals surface area contributed by atoms with Crippen LogP contribution in [0.4, 0.5) is 18.9 Å². The molecule has 0 N–H and O–H groups in total. The van der Waals surface area contributed by atoms with Gasteiger partial charge in [0.25, 0.3) is 5.69 Å². The Morgan fingerprint density at radius 1 is 1.00 bits per heavy atom. The van der Waals surface area contributed by atoms with Gasteiger partial charge in [-0.05, 0) is 29.8 Å². The summed E-state index contributed by atoms with van der Waals surface area (Å²) in [7, 11) is 0. The van der Waals surface area contributed by atoms with E-state index in [0.29, 0.717) is 32.5 Å². The maximum Gasteiger partial charge on any atom is 0.416 e. The molecule has 0 aliphatic rings. The van der Waals surface area contributed by atoms with Gasteiger partial charge < -0.3 is 4.42 Å². The molecule has 0 spiro atoms. The van der Waals surface area contributed by atoms with Crippen LogP contribution in [0.15, 0.2) is 71.3 Å². The third-order valence-electron chi connectivity index (χ3n) is 4.16. The van der Waals surface area contributed by atoms with Gasteiger partial charge in [0.2, 0.25) is 0 Å². The van der Waals surface area contributed by atoms with Gasteiger partial charge in [0.15, 0.2) is 5.76 Å². The second-order valence-corrected chi connectivity index (χ2v) is 7.06. The molecule has 0 saturated carbocycles. The number of hydrogen-bond donors (Lipinski definition) is 0. The maximum absolute atomic E-state index is 12.9. The number of furan rings is 1. The van der Waals surface area contributed by atoms with Gasteiger partial charge in [-0.2, -0.15) is 13.2 Å². The zero-order valence-electron chi connectivity index (χ0n) is 14.5. The van der Waals surface area contributed by atoms with Gasteiger partial charge in [-0.1, -0.05) is 24.3 Å². The van der Waals surface area contributed by atoms with Crippen LogP contribution in [0.1, 0.15) is 5.56 Å². The SMILES string of the molecule is O=[N+]([O-])c1cccc(-c2nc(-c3ccco3)c(-c3ccc(C(F)(F)F)cc3)s2)c1. The number of aromatic nitrogens is 1. The molecular formula is C20H11F3N2O3S. The van der Waals surface area contributed by atoms with E-state index in [1.807, 2.05) is 0 Å². The summed E-state index contributed by atoms with van der Waals surface area (Å²) < 4.78 is 44.0. The molecular weight excluding hydrogens is 405 g/mol. The number of rotatable bonds is 4. The van der Waals surface area contributed by atoms with Crippen molar-refractivity contribution in [2.45, 2.75) is 6.18 Å². The van der Waals surface area contributed by atoms with Crippen molar-refractivity contribution in [2.75, 3.05) is 0 Å². The van der Waals surface area contributed by atoms with E-state index in [4.69, 9.17) is 4.42 Å². The van der Waals surface area contributed by atoms with E-state index in [2.05, 4.69) is 4.98 Å². The molecule has 2 heterocycles. The van der Waals surface area contributed by atoms with Crippen molar-refractivity contribution in [3.8, 4) is 32.5 Å². The summed E-state index contributed by atoms with van der Waals surface area (Å²) in [4.78, 5) is 15.7. The normalized spacial score (nSPS) is 11.6. The number of thiazole rings is 1. The van der Waals surface area contributed by atoms with Crippen LogP contribution >= 0.6 is 11.3 Å². The topological polar surface area (TPSA) is 69.2 Å². The summed E-state index contributed by atoms with van der Waals surface area (Å²) in [6, 6.07) is 14.2. The molecule has 2 aromatic heterocycles. The van der Waals surface area contributed by atoms with Crippen LogP contribution in [0, 0.1) is 10.1 Å². The first-order valence-corrected chi connectivity index (χ1v) is 9.12. The average Bonchev–Trinajstić information content (AvgIpc) is 3.37. The molecule has 0 unspecified atom stereocenters. The van der Waals surface area contributed by atoms with Gasteiger partial charge in [-0.3, -0.25) is 10.1 Å². The Bertz CT molecular complexity index is 1170. The number of nitrogens with zero attached hydrogens (tertiary/aromatic N) is 2. The monoisotopic (exact) mass is 416 g/mol. The minimum Gasteiger partial charge on any atom is -0.463 e. The molecule has 0 amide bonds. The number of halogens is 3. The van der Waals surface area contributed by atoms with Gasteiger partial charge in [0.1, 0.15) is 10.7 Å². The highest BCUT2D eigenvalue weighted by Gasteiger charge is 2.30. The molecule has 0 fully saturated rings. The molecule has 0 saturated heterocycles. The van der Waals surface area contributed by atoms with Crippen molar-refractivity contribution in [1.82, 2.24) is 4.98 Å². The van der Waals surface area contributed by atoms with Crippen molar-refractivity contribution in [2.24, 2.45) is 0 Å². The molecule has 2 aromatic carbocycles. The highest BCUT2D eigenvalue weighted by molar-refractivity contribution is 7.19. The fourth-order valence-corrected chi connectivity index (χ4v) is 3.85. The first kappa shape index (κ1) is 18.9. The minimum absolute atomic E-state index is 0.0756. The predicted octanol–water partition coefficient (Wildman–Crippen LogP) is 6.66. The van der Waals surface area contributed by atoms with E-state index >= 15 is 0 Å². The van der Waals surface area contributed by atoms with Gasteiger partial charge >= 0.3 is 6.18 Å². The number of hydrogen-bond acceptors (Lipinski definition) is 5. The second-order valence-electron chi connectivity index (χ2n) is 6.06. The predicted molar refractivity (Wildman–Crippen MR) is 102 cm³/mol. The van der Waals surface area contributed by atoms with E-state index in [0.717, 1.165) is 12.1 Å². The van der Waals surface area contributed by atoms with Crippen LogP contribution in [0.5, 0.6) is 0 Å². The summed E-state index contributed by atoms with van der Waals surface area (Å²) in [6.45, 7) is 0. The fraction of sp³-hybridized carbons (Fsp3) is 0.0500. The number of benzene rings is 2. The van der Waals surface area contributed by atoms with Crippen molar-refractivity contribution in [3.05, 3.63) is 82.6 Å². The summed E-state index contributed by atoms with van der Waals surface area (Å²) in [5, 5.41) is 11.6. The van der Waals surface area contributed by atoms with Gasteiger partial charge in [0.05, 0.1) is 21.6 Å². The molecule has 0 radical (unpaired) electrons. The number of non-ortho nitro benzene ring substituents is 1. The Morgan fingerprint density at radius 2 is 1.76 bits per heavy atom. The largest absolute Gasteiger partial charge is 0.463 e. The van der Waals surface area contributed by atoms with Crippen LogP contribution in [-0.4, -0.2) is 9.91 Å². The van der Waals surface area contributed by atoms with Crippen LogP contribution in [0.25, 0.3) is 32.5 Å². The lowest BCUT2D eigenvalue weighted by Crippen LogP contribution is -2.03. The molecule has 0 aliphatic heterocycles. The van der Waals surface area contributed by atoms with Crippen molar-refractivity contribution in [1.29, 1.82) is 0 Å². The van der Waals surface area contributed by atoms with Crippen LogP contribution in [0.3, 0.4) is 0 Å². The number of nitro groups is 1. The van der Waals surface area contributed by atoms with Crippen LogP contribution < -0.4 is 0 Å². The molecule has 0 atom stereocenters. The van der Waals surface area contributed by atoms with E-state index in [9.17, 15) is 23.3 Å². The first-order valence-electron chi connectivity index (χ1n) is 8.30. The highest BCUT2D eigenvalue weighted by Crippen LogP contribution is 2.42. The van der Waals surface area contributed by atoms with Gasteiger partial charge in [-0.15, -0.1) is 11.3 Å².